The molecule has 0 saturated heterocycles. The van der Waals surface area contributed by atoms with Crippen LogP contribution < -0.4 is 11.1 Å². The van der Waals surface area contributed by atoms with Crippen LogP contribution in [-0.2, 0) is 4.74 Å². The first-order valence-corrected chi connectivity index (χ1v) is 7.00. The maximum atomic E-state index is 12.6. The van der Waals surface area contributed by atoms with Crippen molar-refractivity contribution in [3.05, 3.63) is 29.8 Å². The van der Waals surface area contributed by atoms with Gasteiger partial charge in [0.25, 0.3) is 0 Å². The number of rotatable bonds is 4. The van der Waals surface area contributed by atoms with E-state index in [-0.39, 0.29) is 11.7 Å². The summed E-state index contributed by atoms with van der Waals surface area (Å²) in [7, 11) is 0. The first kappa shape index (κ1) is 17.0. The minimum Gasteiger partial charge on any atom is -0.444 e. The van der Waals surface area contributed by atoms with Gasteiger partial charge >= 0.3 is 6.09 Å². The molecule has 0 unspecified atom stereocenters. The van der Waals surface area contributed by atoms with Gasteiger partial charge in [0.15, 0.2) is 5.78 Å². The topological polar surface area (TPSA) is 81.4 Å². The van der Waals surface area contributed by atoms with Crippen molar-refractivity contribution in [1.82, 2.24) is 5.32 Å². The normalized spacial score (nSPS) is 12.9. The molecule has 1 aromatic rings. The number of carbonyl (C=O) groups excluding carboxylic acids is 2. The number of hydrogen-bond donors (Lipinski definition) is 2. The number of hydrogen-bond acceptors (Lipinski definition) is 4. The van der Waals surface area contributed by atoms with E-state index < -0.39 is 17.7 Å². The number of Topliss-reactive ketones (excluding diaryl/α,β-unsaturated/α-hetero) is 1. The van der Waals surface area contributed by atoms with E-state index in [1.807, 2.05) is 13.8 Å². The third kappa shape index (κ3) is 5.10. The Labute approximate surface area is 125 Å². The van der Waals surface area contributed by atoms with E-state index in [1.54, 1.807) is 45.0 Å². The molecular formula is C16H24N2O3. The maximum absolute atomic E-state index is 12.6. The van der Waals surface area contributed by atoms with Gasteiger partial charge in [0.1, 0.15) is 5.60 Å². The number of para-hydroxylation sites is 1. The molecule has 0 aliphatic rings. The molecule has 0 heterocycles. The summed E-state index contributed by atoms with van der Waals surface area (Å²) >= 11 is 0. The summed E-state index contributed by atoms with van der Waals surface area (Å²) in [6.07, 6.45) is -0.607. The van der Waals surface area contributed by atoms with Gasteiger partial charge in [-0.3, -0.25) is 4.79 Å². The second-order valence-corrected chi connectivity index (χ2v) is 6.32. The zero-order valence-corrected chi connectivity index (χ0v) is 13.3. The third-order valence-corrected chi connectivity index (χ3v) is 2.85. The van der Waals surface area contributed by atoms with Gasteiger partial charge in [0, 0.05) is 11.3 Å². The summed E-state index contributed by atoms with van der Waals surface area (Å²) in [6.45, 7) is 9.04. The summed E-state index contributed by atoms with van der Waals surface area (Å²) < 4.78 is 5.20. The van der Waals surface area contributed by atoms with Gasteiger partial charge in [-0.05, 0) is 38.8 Å². The van der Waals surface area contributed by atoms with Crippen LogP contribution in [0.2, 0.25) is 0 Å². The summed E-state index contributed by atoms with van der Waals surface area (Å²) in [5.74, 6) is -0.293. The van der Waals surface area contributed by atoms with E-state index in [2.05, 4.69) is 5.32 Å². The lowest BCUT2D eigenvalue weighted by molar-refractivity contribution is 0.0476. The predicted octanol–water partition coefficient (Wildman–Crippen LogP) is 3.00. The molecule has 1 rings (SSSR count). The van der Waals surface area contributed by atoms with Crippen LogP contribution in [0, 0.1) is 5.92 Å². The molecule has 0 bridgehead atoms. The molecule has 3 N–H and O–H groups in total. The van der Waals surface area contributed by atoms with Crippen molar-refractivity contribution in [1.29, 1.82) is 0 Å². The smallest absolute Gasteiger partial charge is 0.408 e. The minimum atomic E-state index is -0.676. The SMILES string of the molecule is CC(C)[C@H](NC(=O)OC(C)(C)C)C(=O)c1ccccc1N. The molecule has 1 amide bonds. The Balaban J connectivity index is 2.90. The Morgan fingerprint density at radius 1 is 1.19 bits per heavy atom. The fraction of sp³-hybridized carbons (Fsp3) is 0.500. The molecule has 0 saturated carbocycles. The Morgan fingerprint density at radius 2 is 1.76 bits per heavy atom. The fourth-order valence-corrected chi connectivity index (χ4v) is 1.86. The number of nitrogens with one attached hydrogen (secondary N) is 1. The van der Waals surface area contributed by atoms with Gasteiger partial charge < -0.3 is 15.8 Å². The summed E-state index contributed by atoms with van der Waals surface area (Å²) in [6, 6.07) is 6.15. The molecule has 0 spiro atoms. The van der Waals surface area contributed by atoms with Crippen molar-refractivity contribution in [3.8, 4) is 0 Å². The third-order valence-electron chi connectivity index (χ3n) is 2.85. The molecular weight excluding hydrogens is 268 g/mol. The first-order chi connectivity index (χ1) is 9.61. The summed E-state index contributed by atoms with van der Waals surface area (Å²) in [5.41, 5.74) is 6.03. The van der Waals surface area contributed by atoms with Crippen LogP contribution in [-0.4, -0.2) is 23.5 Å². The molecule has 5 nitrogen and oxygen atoms in total. The van der Waals surface area contributed by atoms with Gasteiger partial charge in [-0.25, -0.2) is 4.79 Å². The Morgan fingerprint density at radius 3 is 2.24 bits per heavy atom. The van der Waals surface area contributed by atoms with Crippen molar-refractivity contribution in [3.63, 3.8) is 0 Å². The van der Waals surface area contributed by atoms with Crippen molar-refractivity contribution in [2.45, 2.75) is 46.3 Å². The zero-order chi connectivity index (χ0) is 16.2. The Kier molecular flexibility index (Phi) is 5.35. The van der Waals surface area contributed by atoms with Crippen molar-refractivity contribution >= 4 is 17.6 Å². The van der Waals surface area contributed by atoms with Crippen molar-refractivity contribution < 1.29 is 14.3 Å². The molecule has 0 radical (unpaired) electrons. The van der Waals surface area contributed by atoms with E-state index >= 15 is 0 Å². The summed E-state index contributed by atoms with van der Waals surface area (Å²) in [4.78, 5) is 24.4. The molecule has 1 aromatic carbocycles. The molecule has 0 aliphatic heterocycles. The second kappa shape index (κ2) is 6.61. The molecule has 0 fully saturated rings. The maximum Gasteiger partial charge on any atom is 0.408 e. The fourth-order valence-electron chi connectivity index (χ4n) is 1.86. The van der Waals surface area contributed by atoms with Gasteiger partial charge in [0.2, 0.25) is 0 Å². The van der Waals surface area contributed by atoms with Gasteiger partial charge in [-0.1, -0.05) is 26.0 Å². The highest BCUT2D eigenvalue weighted by Crippen LogP contribution is 2.17. The van der Waals surface area contributed by atoms with E-state index in [4.69, 9.17) is 10.5 Å². The van der Waals surface area contributed by atoms with E-state index in [0.717, 1.165) is 0 Å². The number of nitrogen functional groups attached to an aromatic ring is 1. The lowest BCUT2D eigenvalue weighted by Gasteiger charge is -2.25. The molecule has 0 aliphatic carbocycles. The molecule has 116 valence electrons. The highest BCUT2D eigenvalue weighted by atomic mass is 16.6. The van der Waals surface area contributed by atoms with E-state index in [1.165, 1.54) is 0 Å². The monoisotopic (exact) mass is 292 g/mol. The van der Waals surface area contributed by atoms with E-state index in [9.17, 15) is 9.59 Å². The van der Waals surface area contributed by atoms with E-state index in [0.29, 0.717) is 11.3 Å². The number of carbonyl (C=O) groups is 2. The first-order valence-electron chi connectivity index (χ1n) is 7.00. The van der Waals surface area contributed by atoms with Gasteiger partial charge in [0.05, 0.1) is 6.04 Å². The molecule has 0 aromatic heterocycles. The van der Waals surface area contributed by atoms with Crippen molar-refractivity contribution in [2.75, 3.05) is 5.73 Å². The Bertz CT molecular complexity index is 518. The van der Waals surface area contributed by atoms with Crippen LogP contribution in [0.25, 0.3) is 0 Å². The van der Waals surface area contributed by atoms with Crippen molar-refractivity contribution in [2.24, 2.45) is 5.92 Å². The molecule has 21 heavy (non-hydrogen) atoms. The quantitative estimate of drug-likeness (QED) is 0.660. The van der Waals surface area contributed by atoms with Crippen LogP contribution in [0.4, 0.5) is 10.5 Å². The number of nitrogens with two attached hydrogens (primary N) is 1. The average molecular weight is 292 g/mol. The van der Waals surface area contributed by atoms with Crippen LogP contribution in [0.5, 0.6) is 0 Å². The minimum absolute atomic E-state index is 0.0791. The van der Waals surface area contributed by atoms with Crippen LogP contribution in [0.1, 0.15) is 45.0 Å². The van der Waals surface area contributed by atoms with Crippen LogP contribution >= 0.6 is 0 Å². The second-order valence-electron chi connectivity index (χ2n) is 6.32. The van der Waals surface area contributed by atoms with Gasteiger partial charge in [-0.15, -0.1) is 0 Å². The number of anilines is 1. The summed E-state index contributed by atoms with van der Waals surface area (Å²) in [5, 5.41) is 2.63. The van der Waals surface area contributed by atoms with Crippen LogP contribution in [0.3, 0.4) is 0 Å². The Hall–Kier alpha value is -2.04. The lowest BCUT2D eigenvalue weighted by Crippen LogP contribution is -2.46. The predicted molar refractivity (Wildman–Crippen MR) is 83.2 cm³/mol. The molecule has 5 heteroatoms. The largest absolute Gasteiger partial charge is 0.444 e. The molecule has 1 atom stereocenters. The number of ketones is 1. The lowest BCUT2D eigenvalue weighted by atomic mass is 9.94. The highest BCUT2D eigenvalue weighted by Gasteiger charge is 2.28. The standard InChI is InChI=1S/C16H24N2O3/c1-10(2)13(18-15(20)21-16(3,4)5)14(19)11-8-6-7-9-12(11)17/h6-10,13H,17H2,1-5H3,(H,18,20)/t13-/m0/s1. The van der Waals surface area contributed by atoms with Crippen LogP contribution in [0.15, 0.2) is 24.3 Å². The number of alkyl carbamates (subject to hydrolysis) is 1. The number of amides is 1. The highest BCUT2D eigenvalue weighted by molar-refractivity contribution is 6.05. The number of benzene rings is 1. The number of ether oxygens (including phenoxy) is 1. The zero-order valence-electron chi connectivity index (χ0n) is 13.3. The van der Waals surface area contributed by atoms with Gasteiger partial charge in [-0.2, -0.15) is 0 Å². The average Bonchev–Trinajstić information content (AvgIpc) is 2.33.